The number of amides is 3. The highest BCUT2D eigenvalue weighted by atomic mass is 32.2. The van der Waals surface area contributed by atoms with Crippen LogP contribution in [0.1, 0.15) is 21.9 Å². The summed E-state index contributed by atoms with van der Waals surface area (Å²) in [6.45, 7) is -0.359. The molecule has 9 nitrogen and oxygen atoms in total. The van der Waals surface area contributed by atoms with Crippen LogP contribution in [-0.4, -0.2) is 41.8 Å². The number of rotatable bonds is 7. The third-order valence-corrected chi connectivity index (χ3v) is 10.2. The number of carbonyl (C=O) groups is 3. The largest absolute Gasteiger partial charge is 0.493 e. The smallest absolute Gasteiger partial charge is 0.416 e. The predicted octanol–water partition coefficient (Wildman–Crippen LogP) is 5.38. The normalized spacial score (nSPS) is 19.2. The predicted molar refractivity (Wildman–Crippen MR) is 162 cm³/mol. The molecule has 2 aliphatic heterocycles. The van der Waals surface area contributed by atoms with E-state index in [0.717, 1.165) is 46.2 Å². The van der Waals surface area contributed by atoms with Crippen LogP contribution in [0, 0.1) is 5.92 Å². The van der Waals surface area contributed by atoms with E-state index < -0.39 is 51.4 Å². The van der Waals surface area contributed by atoms with Crippen molar-refractivity contribution in [3.8, 4) is 11.5 Å². The van der Waals surface area contributed by atoms with Gasteiger partial charge in [0.15, 0.2) is 11.5 Å². The molecule has 232 valence electrons. The molecule has 3 amide bonds. The van der Waals surface area contributed by atoms with Crippen molar-refractivity contribution in [3.63, 3.8) is 0 Å². The van der Waals surface area contributed by atoms with Crippen LogP contribution >= 0.6 is 23.1 Å². The molecule has 3 atom stereocenters. The lowest BCUT2D eigenvalue weighted by atomic mass is 9.83. The summed E-state index contributed by atoms with van der Waals surface area (Å²) in [6, 6.07) is 17.7. The van der Waals surface area contributed by atoms with E-state index in [0.29, 0.717) is 32.7 Å². The van der Waals surface area contributed by atoms with Crippen LogP contribution in [0.4, 0.5) is 24.5 Å². The molecule has 1 aromatic heterocycles. The van der Waals surface area contributed by atoms with Crippen molar-refractivity contribution in [2.45, 2.75) is 28.9 Å². The molecule has 3 aromatic carbocycles. The number of nitrogens with zero attached hydrogens (tertiary/aromatic N) is 2. The lowest BCUT2D eigenvalue weighted by Gasteiger charge is -2.31. The van der Waals surface area contributed by atoms with Gasteiger partial charge in [0.25, 0.3) is 0 Å². The number of fused-ring (bicyclic) bond motifs is 2. The second-order valence-corrected chi connectivity index (χ2v) is 12.4. The first kappa shape index (κ1) is 30.5. The zero-order chi connectivity index (χ0) is 32.0. The summed E-state index contributed by atoms with van der Waals surface area (Å²) in [6.07, 6.45) is -4.69. The fourth-order valence-corrected chi connectivity index (χ4v) is 8.38. The molecule has 0 aliphatic carbocycles. The first-order valence-corrected chi connectivity index (χ1v) is 15.2. The van der Waals surface area contributed by atoms with Crippen molar-refractivity contribution in [3.05, 3.63) is 98.5 Å². The molecule has 1 saturated heterocycles. The summed E-state index contributed by atoms with van der Waals surface area (Å²) in [4.78, 5) is 55.1. The Morgan fingerprint density at radius 1 is 0.911 bits per heavy atom. The highest BCUT2D eigenvalue weighted by Gasteiger charge is 2.57. The average Bonchev–Trinajstić information content (AvgIpc) is 3.46. The molecule has 45 heavy (non-hydrogen) atoms. The topological polar surface area (TPSA) is 107 Å². The number of hydrogen-bond acceptors (Lipinski definition) is 8. The fourth-order valence-electron chi connectivity index (χ4n) is 5.60. The third kappa shape index (κ3) is 5.48. The lowest BCUT2D eigenvalue weighted by Crippen LogP contribution is -2.33. The van der Waals surface area contributed by atoms with Gasteiger partial charge in [0, 0.05) is 16.5 Å². The van der Waals surface area contributed by atoms with Crippen molar-refractivity contribution in [1.29, 1.82) is 0 Å². The van der Waals surface area contributed by atoms with E-state index in [2.05, 4.69) is 5.32 Å². The number of carbonyl (C=O) groups excluding carboxylic acids is 3. The minimum atomic E-state index is -4.69. The van der Waals surface area contributed by atoms with Crippen molar-refractivity contribution in [2.75, 3.05) is 24.4 Å². The summed E-state index contributed by atoms with van der Waals surface area (Å²) in [5.74, 6) is -3.06. The highest BCUT2D eigenvalue weighted by molar-refractivity contribution is 8.00. The third-order valence-electron chi connectivity index (χ3n) is 7.61. The first-order valence-electron chi connectivity index (χ1n) is 13.5. The van der Waals surface area contributed by atoms with E-state index in [1.807, 2.05) is 0 Å². The quantitative estimate of drug-likeness (QED) is 0.267. The Bertz CT molecular complexity index is 1870. The number of ether oxygens (including phenoxy) is 2. The average molecular weight is 656 g/mol. The van der Waals surface area contributed by atoms with Gasteiger partial charge in [-0.05, 0) is 48.0 Å². The number of imide groups is 1. The van der Waals surface area contributed by atoms with Gasteiger partial charge < -0.3 is 14.8 Å². The molecule has 1 N–H and O–H groups in total. The van der Waals surface area contributed by atoms with E-state index in [-0.39, 0.29) is 12.2 Å². The molecule has 3 heterocycles. The molecular weight excluding hydrogens is 631 g/mol. The molecule has 1 fully saturated rings. The lowest BCUT2D eigenvalue weighted by molar-refractivity contribution is -0.137. The van der Waals surface area contributed by atoms with Crippen molar-refractivity contribution >= 4 is 52.2 Å². The second-order valence-electron chi connectivity index (χ2n) is 10.3. The van der Waals surface area contributed by atoms with Crippen LogP contribution in [0.5, 0.6) is 11.5 Å². The van der Waals surface area contributed by atoms with Gasteiger partial charge in [-0.3, -0.25) is 23.7 Å². The molecule has 0 bridgehead atoms. The minimum absolute atomic E-state index is 0.205. The summed E-state index contributed by atoms with van der Waals surface area (Å²) >= 11 is 1.81. The molecule has 4 aromatic rings. The highest BCUT2D eigenvalue weighted by Crippen LogP contribution is 2.54. The molecule has 3 unspecified atom stereocenters. The Morgan fingerprint density at radius 3 is 2.33 bits per heavy atom. The molecular formula is C31H24F3N3O6S2. The van der Waals surface area contributed by atoms with E-state index >= 15 is 0 Å². The van der Waals surface area contributed by atoms with Gasteiger partial charge in [-0.1, -0.05) is 53.4 Å². The maximum absolute atomic E-state index is 14.1. The van der Waals surface area contributed by atoms with E-state index in [4.69, 9.17) is 9.47 Å². The van der Waals surface area contributed by atoms with Crippen molar-refractivity contribution in [2.24, 2.45) is 5.92 Å². The zero-order valence-corrected chi connectivity index (χ0v) is 25.3. The van der Waals surface area contributed by atoms with Gasteiger partial charge in [-0.2, -0.15) is 13.2 Å². The van der Waals surface area contributed by atoms with E-state index in [1.54, 1.807) is 48.5 Å². The van der Waals surface area contributed by atoms with Gasteiger partial charge in [-0.15, -0.1) is 0 Å². The summed E-state index contributed by atoms with van der Waals surface area (Å²) in [5.41, 5.74) is -0.150. The Balaban J connectivity index is 1.45. The number of para-hydroxylation sites is 1. The van der Waals surface area contributed by atoms with Crippen LogP contribution in [0.3, 0.4) is 0 Å². The van der Waals surface area contributed by atoms with Gasteiger partial charge in [0.05, 0.1) is 36.4 Å². The number of methoxy groups -OCH3 is 2. The molecule has 6 rings (SSSR count). The summed E-state index contributed by atoms with van der Waals surface area (Å²) in [5, 5.41) is 1.98. The van der Waals surface area contributed by atoms with Crippen molar-refractivity contribution in [1.82, 2.24) is 4.57 Å². The van der Waals surface area contributed by atoms with Gasteiger partial charge in [0.1, 0.15) is 11.8 Å². The van der Waals surface area contributed by atoms with Crippen LogP contribution in [0.25, 0.3) is 0 Å². The van der Waals surface area contributed by atoms with E-state index in [1.165, 1.54) is 24.9 Å². The number of hydrogen-bond donors (Lipinski definition) is 1. The SMILES string of the molecule is COc1ccc(C2c3sc(=O)n(CC(=O)Nc4ccccc4)c3SC3C(=O)N(c4cccc(C(F)(F)F)c4)C(=O)C32)cc1OC. The monoisotopic (exact) mass is 655 g/mol. The van der Waals surface area contributed by atoms with Crippen LogP contribution in [0.2, 0.25) is 0 Å². The Kier molecular flexibility index (Phi) is 7.95. The minimum Gasteiger partial charge on any atom is -0.493 e. The number of halogens is 3. The Hall–Kier alpha value is -4.56. The number of nitrogens with one attached hydrogen (secondary N) is 1. The maximum Gasteiger partial charge on any atom is 0.416 e. The van der Waals surface area contributed by atoms with Gasteiger partial charge >= 0.3 is 11.0 Å². The zero-order valence-electron chi connectivity index (χ0n) is 23.7. The molecule has 2 aliphatic rings. The molecule has 14 heteroatoms. The Morgan fingerprint density at radius 2 is 1.64 bits per heavy atom. The molecule has 0 spiro atoms. The number of aromatic nitrogens is 1. The standard InChI is InChI=1S/C31H24F3N3O6S2/c1-42-20-12-11-16(13-21(20)43-2)23-24-25(28(40)37(27(24)39)19-10-6-7-17(14-19)31(32,33)34)44-29-26(23)45-30(41)36(29)15-22(38)35-18-8-4-3-5-9-18/h3-14,23-25H,15H2,1-2H3,(H,35,38). The first-order chi connectivity index (χ1) is 21.5. The summed E-state index contributed by atoms with van der Waals surface area (Å²) in [7, 11) is 2.90. The molecule has 0 saturated carbocycles. The van der Waals surface area contributed by atoms with Crippen LogP contribution in [-0.2, 0) is 27.1 Å². The number of thioether (sulfide) groups is 1. The van der Waals surface area contributed by atoms with Gasteiger partial charge in [-0.25, -0.2) is 4.90 Å². The second kappa shape index (κ2) is 11.7. The number of anilines is 2. The van der Waals surface area contributed by atoms with Crippen LogP contribution in [0.15, 0.2) is 82.6 Å². The van der Waals surface area contributed by atoms with Gasteiger partial charge in [0.2, 0.25) is 17.7 Å². The number of alkyl halides is 3. The number of thiazole rings is 1. The van der Waals surface area contributed by atoms with E-state index in [9.17, 15) is 32.3 Å². The van der Waals surface area contributed by atoms with Crippen molar-refractivity contribution < 1.29 is 37.0 Å². The Labute approximate surface area is 262 Å². The maximum atomic E-state index is 14.1. The molecule has 0 radical (unpaired) electrons. The number of benzene rings is 3. The fraction of sp³-hybridized carbons (Fsp3) is 0.226. The van der Waals surface area contributed by atoms with Crippen LogP contribution < -0.4 is 24.6 Å². The summed E-state index contributed by atoms with van der Waals surface area (Å²) < 4.78 is 52.7.